The lowest BCUT2D eigenvalue weighted by Crippen LogP contribution is -2.21. The number of aromatic nitrogens is 2. The van der Waals surface area contributed by atoms with Crippen LogP contribution in [0.5, 0.6) is 0 Å². The van der Waals surface area contributed by atoms with Gasteiger partial charge in [0.15, 0.2) is 0 Å². The maximum Gasteiger partial charge on any atom is 0.335 e. The summed E-state index contributed by atoms with van der Waals surface area (Å²) < 4.78 is 1.68. The second kappa shape index (κ2) is 5.95. The third-order valence-electron chi connectivity index (χ3n) is 4.86. The Bertz CT molecular complexity index is 1160. The fourth-order valence-electron chi connectivity index (χ4n) is 3.39. The minimum atomic E-state index is -1.03. The van der Waals surface area contributed by atoms with Gasteiger partial charge >= 0.3 is 5.97 Å². The molecule has 0 radical (unpaired) electrons. The fraction of sp³-hybridized carbons (Fsp3) is 0.190. The largest absolute Gasteiger partial charge is 0.478 e. The molecule has 0 amide bonds. The standard InChI is InChI=1S/C21H18N2O3/c1-12-3-4-13(2)16(9-12)10-14-7-8-23-19(14)22-18-11-15(21(25)26)5-6-17(18)20(23)24/h3-6,9-11H,7-8H2,1-2H3,(H,25,26)/b14-10-. The van der Waals surface area contributed by atoms with Crippen LogP contribution in [0, 0.1) is 13.8 Å². The van der Waals surface area contributed by atoms with Gasteiger partial charge in [-0.3, -0.25) is 9.36 Å². The zero-order valence-corrected chi connectivity index (χ0v) is 14.6. The summed E-state index contributed by atoms with van der Waals surface area (Å²) in [6.45, 7) is 4.70. The lowest BCUT2D eigenvalue weighted by atomic mass is 10.0. The number of carbonyl (C=O) groups is 1. The number of hydrogen-bond donors (Lipinski definition) is 1. The van der Waals surface area contributed by atoms with Crippen LogP contribution in [0.1, 0.15) is 39.3 Å². The minimum absolute atomic E-state index is 0.119. The summed E-state index contributed by atoms with van der Waals surface area (Å²) in [5, 5.41) is 9.64. The summed E-state index contributed by atoms with van der Waals surface area (Å²) in [6, 6.07) is 10.7. The van der Waals surface area contributed by atoms with Crippen molar-refractivity contribution in [3.8, 4) is 0 Å². The van der Waals surface area contributed by atoms with E-state index >= 15 is 0 Å². The molecule has 0 fully saturated rings. The molecule has 1 aromatic heterocycles. The monoisotopic (exact) mass is 346 g/mol. The van der Waals surface area contributed by atoms with Crippen LogP contribution in [0.15, 0.2) is 41.2 Å². The Balaban J connectivity index is 1.91. The second-order valence-corrected chi connectivity index (χ2v) is 6.71. The van der Waals surface area contributed by atoms with Gasteiger partial charge in [0.05, 0.1) is 16.5 Å². The molecule has 1 N–H and O–H groups in total. The maximum absolute atomic E-state index is 12.8. The summed E-state index contributed by atoms with van der Waals surface area (Å²) in [5.74, 6) is -0.397. The van der Waals surface area contributed by atoms with Gasteiger partial charge in [-0.15, -0.1) is 0 Å². The summed E-state index contributed by atoms with van der Waals surface area (Å²) in [7, 11) is 0. The van der Waals surface area contributed by atoms with Crippen molar-refractivity contribution in [1.82, 2.24) is 9.55 Å². The highest BCUT2D eigenvalue weighted by Gasteiger charge is 2.21. The van der Waals surface area contributed by atoms with Crippen molar-refractivity contribution < 1.29 is 9.90 Å². The lowest BCUT2D eigenvalue weighted by Gasteiger charge is -2.07. The predicted octanol–water partition coefficient (Wildman–Crippen LogP) is 3.66. The number of rotatable bonds is 2. The maximum atomic E-state index is 12.8. The third-order valence-corrected chi connectivity index (χ3v) is 4.86. The van der Waals surface area contributed by atoms with Gasteiger partial charge in [-0.05, 0) is 61.2 Å². The molecule has 5 nitrogen and oxygen atoms in total. The number of carboxylic acids is 1. The number of allylic oxidation sites excluding steroid dienone is 1. The number of aromatic carboxylic acids is 1. The third kappa shape index (κ3) is 2.62. The number of benzene rings is 2. The first kappa shape index (κ1) is 16.3. The molecule has 5 heteroatoms. The molecular formula is C21H18N2O3. The molecule has 3 aromatic rings. The van der Waals surface area contributed by atoms with E-state index in [0.29, 0.717) is 23.3 Å². The van der Waals surface area contributed by atoms with Gasteiger partial charge in [0.2, 0.25) is 0 Å². The Morgan fingerprint density at radius 1 is 1.19 bits per heavy atom. The molecule has 0 bridgehead atoms. The number of carboxylic acid groups (broad SMARTS) is 1. The van der Waals surface area contributed by atoms with Crippen molar-refractivity contribution in [2.45, 2.75) is 26.8 Å². The topological polar surface area (TPSA) is 72.2 Å². The second-order valence-electron chi connectivity index (χ2n) is 6.71. The molecule has 0 atom stereocenters. The molecule has 1 aliphatic rings. The van der Waals surface area contributed by atoms with E-state index in [1.165, 1.54) is 17.7 Å². The van der Waals surface area contributed by atoms with E-state index in [4.69, 9.17) is 0 Å². The van der Waals surface area contributed by atoms with Gasteiger partial charge in [-0.25, -0.2) is 9.78 Å². The van der Waals surface area contributed by atoms with Gasteiger partial charge in [-0.1, -0.05) is 23.8 Å². The summed E-state index contributed by atoms with van der Waals surface area (Å²) >= 11 is 0. The highest BCUT2D eigenvalue weighted by Crippen LogP contribution is 2.28. The van der Waals surface area contributed by atoms with Gasteiger partial charge in [0.1, 0.15) is 5.82 Å². The van der Waals surface area contributed by atoms with E-state index in [2.05, 4.69) is 36.2 Å². The number of hydrogen-bond acceptors (Lipinski definition) is 3. The Morgan fingerprint density at radius 2 is 2.00 bits per heavy atom. The van der Waals surface area contributed by atoms with Crippen molar-refractivity contribution in [2.24, 2.45) is 0 Å². The molecule has 26 heavy (non-hydrogen) atoms. The average Bonchev–Trinajstić information content (AvgIpc) is 3.01. The Hall–Kier alpha value is -3.21. The predicted molar refractivity (Wildman–Crippen MR) is 101 cm³/mol. The van der Waals surface area contributed by atoms with E-state index in [1.807, 2.05) is 6.92 Å². The minimum Gasteiger partial charge on any atom is -0.478 e. The van der Waals surface area contributed by atoms with Crippen molar-refractivity contribution in [3.63, 3.8) is 0 Å². The zero-order valence-electron chi connectivity index (χ0n) is 14.6. The summed E-state index contributed by atoms with van der Waals surface area (Å²) in [4.78, 5) is 28.6. The first-order valence-electron chi connectivity index (χ1n) is 8.50. The van der Waals surface area contributed by atoms with Crippen LogP contribution in [0.2, 0.25) is 0 Å². The van der Waals surface area contributed by atoms with E-state index in [-0.39, 0.29) is 11.1 Å². The smallest absolute Gasteiger partial charge is 0.335 e. The lowest BCUT2D eigenvalue weighted by molar-refractivity contribution is 0.0697. The van der Waals surface area contributed by atoms with Crippen LogP contribution < -0.4 is 5.56 Å². The average molecular weight is 346 g/mol. The van der Waals surface area contributed by atoms with Crippen LogP contribution in [0.3, 0.4) is 0 Å². The molecule has 130 valence electrons. The van der Waals surface area contributed by atoms with E-state index < -0.39 is 5.97 Å². The van der Waals surface area contributed by atoms with Gasteiger partial charge in [-0.2, -0.15) is 0 Å². The van der Waals surface area contributed by atoms with Gasteiger partial charge in [0, 0.05) is 6.54 Å². The molecule has 0 saturated carbocycles. The van der Waals surface area contributed by atoms with Crippen LogP contribution in [0.4, 0.5) is 0 Å². The Kier molecular flexibility index (Phi) is 3.72. The Morgan fingerprint density at radius 3 is 2.77 bits per heavy atom. The van der Waals surface area contributed by atoms with E-state index in [9.17, 15) is 14.7 Å². The van der Waals surface area contributed by atoms with Crippen molar-refractivity contribution >= 4 is 28.5 Å². The normalized spacial score (nSPS) is 14.8. The van der Waals surface area contributed by atoms with Crippen molar-refractivity contribution in [1.29, 1.82) is 0 Å². The quantitative estimate of drug-likeness (QED) is 0.769. The number of nitrogens with zero attached hydrogens (tertiary/aromatic N) is 2. The highest BCUT2D eigenvalue weighted by molar-refractivity contribution is 5.93. The first-order valence-corrected chi connectivity index (χ1v) is 8.50. The molecule has 4 rings (SSSR count). The molecule has 0 saturated heterocycles. The number of fused-ring (bicyclic) bond motifs is 2. The molecule has 2 aromatic carbocycles. The van der Waals surface area contributed by atoms with Gasteiger partial charge < -0.3 is 5.11 Å². The van der Waals surface area contributed by atoms with Crippen LogP contribution in [0.25, 0.3) is 22.6 Å². The van der Waals surface area contributed by atoms with Gasteiger partial charge in [0.25, 0.3) is 5.56 Å². The molecule has 1 aliphatic heterocycles. The fourth-order valence-corrected chi connectivity index (χ4v) is 3.39. The van der Waals surface area contributed by atoms with Crippen LogP contribution in [-0.4, -0.2) is 20.6 Å². The molecule has 0 unspecified atom stereocenters. The summed E-state index contributed by atoms with van der Waals surface area (Å²) in [5.41, 5.74) is 4.89. The van der Waals surface area contributed by atoms with Crippen LogP contribution >= 0.6 is 0 Å². The van der Waals surface area contributed by atoms with Crippen molar-refractivity contribution in [2.75, 3.05) is 0 Å². The molecule has 2 heterocycles. The van der Waals surface area contributed by atoms with E-state index in [1.54, 1.807) is 10.6 Å². The highest BCUT2D eigenvalue weighted by atomic mass is 16.4. The Labute approximate surface area is 150 Å². The SMILES string of the molecule is Cc1ccc(C)c(/C=C2/CCn3c2nc2cc(C(=O)O)ccc2c3=O)c1. The molecule has 0 aliphatic carbocycles. The summed E-state index contributed by atoms with van der Waals surface area (Å²) in [6.07, 6.45) is 2.82. The molecular weight excluding hydrogens is 328 g/mol. The first-order chi connectivity index (χ1) is 12.4. The van der Waals surface area contributed by atoms with Crippen molar-refractivity contribution in [3.05, 3.63) is 74.8 Å². The number of aryl methyl sites for hydroxylation is 2. The zero-order chi connectivity index (χ0) is 18.4. The van der Waals surface area contributed by atoms with E-state index in [0.717, 1.165) is 23.1 Å². The molecule has 0 spiro atoms. The van der Waals surface area contributed by atoms with Crippen LogP contribution in [-0.2, 0) is 6.54 Å².